The number of rotatable bonds is 1. The number of hydrogen-bond donors (Lipinski definition) is 1. The smallest absolute Gasteiger partial charge is 0.154 e. The van der Waals surface area contributed by atoms with Gasteiger partial charge in [0.15, 0.2) is 5.78 Å². The quantitative estimate of drug-likeness (QED) is 0.731. The second-order valence-corrected chi connectivity index (χ2v) is 3.54. The highest BCUT2D eigenvalue weighted by Gasteiger charge is 2.23. The van der Waals surface area contributed by atoms with Crippen LogP contribution in [0, 0.1) is 5.82 Å². The Morgan fingerprint density at radius 3 is 2.64 bits per heavy atom. The van der Waals surface area contributed by atoms with Gasteiger partial charge in [-0.05, 0) is 30.7 Å². The van der Waals surface area contributed by atoms with Crippen LogP contribution >= 0.6 is 0 Å². The van der Waals surface area contributed by atoms with E-state index in [9.17, 15) is 9.18 Å². The van der Waals surface area contributed by atoms with Crippen LogP contribution in [-0.4, -0.2) is 18.9 Å². The fraction of sp³-hybridized carbons (Fsp3) is 0.364. The molecule has 0 radical (unpaired) electrons. The van der Waals surface area contributed by atoms with Crippen molar-refractivity contribution in [3.8, 4) is 0 Å². The SMILES string of the molecule is O=C1CNCCC1c1ccc(F)cc1. The lowest BCUT2D eigenvalue weighted by Gasteiger charge is -2.21. The zero-order chi connectivity index (χ0) is 9.97. The number of halogens is 1. The first-order valence-electron chi connectivity index (χ1n) is 4.76. The molecule has 0 bridgehead atoms. The molecule has 0 spiro atoms. The van der Waals surface area contributed by atoms with E-state index in [1.807, 2.05) is 0 Å². The third-order valence-corrected chi connectivity index (χ3v) is 2.57. The molecule has 2 nitrogen and oxygen atoms in total. The molecule has 2 rings (SSSR count). The molecule has 1 atom stereocenters. The molecule has 1 aliphatic heterocycles. The molecule has 1 N–H and O–H groups in total. The van der Waals surface area contributed by atoms with E-state index in [1.54, 1.807) is 12.1 Å². The molecule has 0 aliphatic carbocycles. The van der Waals surface area contributed by atoms with Crippen LogP contribution in [-0.2, 0) is 4.79 Å². The molecule has 1 heterocycles. The summed E-state index contributed by atoms with van der Waals surface area (Å²) in [5, 5.41) is 3.02. The molecule has 3 heteroatoms. The van der Waals surface area contributed by atoms with Gasteiger partial charge in [0.1, 0.15) is 5.82 Å². The van der Waals surface area contributed by atoms with Gasteiger partial charge in [-0.3, -0.25) is 4.79 Å². The van der Waals surface area contributed by atoms with E-state index in [0.29, 0.717) is 6.54 Å². The van der Waals surface area contributed by atoms with Gasteiger partial charge in [0, 0.05) is 5.92 Å². The number of ketones is 1. The van der Waals surface area contributed by atoms with Crippen LogP contribution in [0.25, 0.3) is 0 Å². The Kier molecular flexibility index (Phi) is 2.59. The highest BCUT2D eigenvalue weighted by Crippen LogP contribution is 2.22. The van der Waals surface area contributed by atoms with E-state index in [0.717, 1.165) is 18.5 Å². The number of carbonyl (C=O) groups excluding carboxylic acids is 1. The van der Waals surface area contributed by atoms with Gasteiger partial charge in [0.05, 0.1) is 6.54 Å². The third-order valence-electron chi connectivity index (χ3n) is 2.57. The predicted octanol–water partition coefficient (Wildman–Crippen LogP) is 1.47. The van der Waals surface area contributed by atoms with E-state index < -0.39 is 0 Å². The van der Waals surface area contributed by atoms with Crippen LogP contribution in [0.4, 0.5) is 4.39 Å². The van der Waals surface area contributed by atoms with Gasteiger partial charge in [0.2, 0.25) is 0 Å². The van der Waals surface area contributed by atoms with Gasteiger partial charge in [-0.25, -0.2) is 4.39 Å². The van der Waals surface area contributed by atoms with E-state index >= 15 is 0 Å². The summed E-state index contributed by atoms with van der Waals surface area (Å²) in [6.45, 7) is 1.29. The molecule has 0 aromatic heterocycles. The van der Waals surface area contributed by atoms with E-state index in [2.05, 4.69) is 5.32 Å². The van der Waals surface area contributed by atoms with Crippen molar-refractivity contribution in [2.24, 2.45) is 0 Å². The molecule has 74 valence electrons. The van der Waals surface area contributed by atoms with Crippen molar-refractivity contribution < 1.29 is 9.18 Å². The number of hydrogen-bond acceptors (Lipinski definition) is 2. The minimum atomic E-state index is -0.255. The fourth-order valence-electron chi connectivity index (χ4n) is 1.79. The average molecular weight is 193 g/mol. The number of piperidine rings is 1. The summed E-state index contributed by atoms with van der Waals surface area (Å²) in [7, 11) is 0. The maximum Gasteiger partial charge on any atom is 0.154 e. The molecule has 1 saturated heterocycles. The van der Waals surface area contributed by atoms with Crippen LogP contribution < -0.4 is 5.32 Å². The Balaban J connectivity index is 2.20. The van der Waals surface area contributed by atoms with Gasteiger partial charge >= 0.3 is 0 Å². The van der Waals surface area contributed by atoms with Crippen LogP contribution in [0.2, 0.25) is 0 Å². The third kappa shape index (κ3) is 1.82. The molecule has 0 saturated carbocycles. The molecule has 14 heavy (non-hydrogen) atoms. The topological polar surface area (TPSA) is 29.1 Å². The largest absolute Gasteiger partial charge is 0.310 e. The summed E-state index contributed by atoms with van der Waals surface area (Å²) in [6, 6.07) is 6.21. The van der Waals surface area contributed by atoms with Crippen molar-refractivity contribution in [2.45, 2.75) is 12.3 Å². The maximum absolute atomic E-state index is 12.7. The second-order valence-electron chi connectivity index (χ2n) is 3.54. The number of Topliss-reactive ketones (excluding diaryl/α,β-unsaturated/α-hetero) is 1. The van der Waals surface area contributed by atoms with Crippen molar-refractivity contribution in [2.75, 3.05) is 13.1 Å². The van der Waals surface area contributed by atoms with Crippen molar-refractivity contribution in [1.29, 1.82) is 0 Å². The lowest BCUT2D eigenvalue weighted by molar-refractivity contribution is -0.120. The molecule has 1 aromatic carbocycles. The van der Waals surface area contributed by atoms with E-state index in [1.165, 1.54) is 12.1 Å². The molecule has 1 aromatic rings. The molecular weight excluding hydrogens is 181 g/mol. The van der Waals surface area contributed by atoms with Gasteiger partial charge in [-0.1, -0.05) is 12.1 Å². The van der Waals surface area contributed by atoms with Gasteiger partial charge in [-0.15, -0.1) is 0 Å². The van der Waals surface area contributed by atoms with Crippen molar-refractivity contribution in [3.63, 3.8) is 0 Å². The van der Waals surface area contributed by atoms with Gasteiger partial charge in [-0.2, -0.15) is 0 Å². The molecule has 1 aliphatic rings. The van der Waals surface area contributed by atoms with Crippen molar-refractivity contribution >= 4 is 5.78 Å². The maximum atomic E-state index is 12.7. The van der Waals surface area contributed by atoms with Crippen LogP contribution in [0.1, 0.15) is 17.9 Å². The Morgan fingerprint density at radius 2 is 2.00 bits per heavy atom. The van der Waals surface area contributed by atoms with Gasteiger partial charge < -0.3 is 5.32 Å². The average Bonchev–Trinajstić information content (AvgIpc) is 2.20. The Hall–Kier alpha value is -1.22. The Labute approximate surface area is 82.1 Å². The molecule has 1 unspecified atom stereocenters. The summed E-state index contributed by atoms with van der Waals surface area (Å²) in [5.41, 5.74) is 0.929. The molecule has 1 fully saturated rings. The summed E-state index contributed by atoms with van der Waals surface area (Å²) < 4.78 is 12.7. The Bertz CT molecular complexity index is 334. The fourth-order valence-corrected chi connectivity index (χ4v) is 1.79. The number of carbonyl (C=O) groups is 1. The monoisotopic (exact) mass is 193 g/mol. The summed E-state index contributed by atoms with van der Waals surface area (Å²) in [6.07, 6.45) is 0.810. The van der Waals surface area contributed by atoms with Crippen molar-refractivity contribution in [1.82, 2.24) is 5.32 Å². The molecular formula is C11H12FNO. The summed E-state index contributed by atoms with van der Waals surface area (Å²) in [4.78, 5) is 11.5. The first-order chi connectivity index (χ1) is 6.77. The summed E-state index contributed by atoms with van der Waals surface area (Å²) >= 11 is 0. The standard InChI is InChI=1S/C11H12FNO/c12-9-3-1-8(2-4-9)10-5-6-13-7-11(10)14/h1-4,10,13H,5-7H2. The zero-order valence-electron chi connectivity index (χ0n) is 7.79. The zero-order valence-corrected chi connectivity index (χ0v) is 7.79. The van der Waals surface area contributed by atoms with Gasteiger partial charge in [0.25, 0.3) is 0 Å². The number of benzene rings is 1. The lowest BCUT2D eigenvalue weighted by Crippen LogP contribution is -2.35. The number of nitrogens with one attached hydrogen (secondary N) is 1. The first kappa shape index (κ1) is 9.34. The summed E-state index contributed by atoms with van der Waals surface area (Å²) in [5.74, 6) is -0.102. The van der Waals surface area contributed by atoms with Crippen molar-refractivity contribution in [3.05, 3.63) is 35.6 Å². The van der Waals surface area contributed by atoms with E-state index in [-0.39, 0.29) is 17.5 Å². The van der Waals surface area contributed by atoms with Crippen LogP contribution in [0.3, 0.4) is 0 Å². The minimum absolute atomic E-state index is 0.0446. The highest BCUT2D eigenvalue weighted by molar-refractivity contribution is 5.88. The predicted molar refractivity (Wildman–Crippen MR) is 51.6 cm³/mol. The second kappa shape index (κ2) is 3.88. The normalized spacial score (nSPS) is 22.4. The first-order valence-corrected chi connectivity index (χ1v) is 4.76. The lowest BCUT2D eigenvalue weighted by atomic mass is 9.89. The van der Waals surface area contributed by atoms with E-state index in [4.69, 9.17) is 0 Å². The van der Waals surface area contributed by atoms with Crippen LogP contribution in [0.15, 0.2) is 24.3 Å². The minimum Gasteiger partial charge on any atom is -0.310 e. The Morgan fingerprint density at radius 1 is 1.29 bits per heavy atom. The highest BCUT2D eigenvalue weighted by atomic mass is 19.1. The molecule has 0 amide bonds. The van der Waals surface area contributed by atoms with Crippen LogP contribution in [0.5, 0.6) is 0 Å².